The van der Waals surface area contributed by atoms with Crippen LogP contribution in [-0.4, -0.2) is 60.0 Å². The van der Waals surface area contributed by atoms with Gasteiger partial charge in [-0.05, 0) is 44.5 Å². The van der Waals surface area contributed by atoms with Crippen molar-refractivity contribution < 1.29 is 22.8 Å². The molecule has 2 atom stereocenters. The Labute approximate surface area is 220 Å². The van der Waals surface area contributed by atoms with Crippen LogP contribution in [0.1, 0.15) is 46.8 Å². The summed E-state index contributed by atoms with van der Waals surface area (Å²) in [6.45, 7) is 6.02. The van der Waals surface area contributed by atoms with Crippen molar-refractivity contribution in [3.8, 4) is 0 Å². The first-order valence-electron chi connectivity index (χ1n) is 12.1. The summed E-state index contributed by atoms with van der Waals surface area (Å²) < 4.78 is 39.2. The van der Waals surface area contributed by atoms with Crippen molar-refractivity contribution in [1.82, 2.24) is 20.9 Å². The van der Waals surface area contributed by atoms with Gasteiger partial charge in [0.1, 0.15) is 4.99 Å². The number of nitrogens with zero attached hydrogens (tertiary/aromatic N) is 1. The number of anilines is 1. The lowest BCUT2D eigenvalue weighted by atomic mass is 9.98. The van der Waals surface area contributed by atoms with Crippen LogP contribution in [0.25, 0.3) is 0 Å². The maximum Gasteiger partial charge on any atom is 0.416 e. The molecule has 0 aromatic heterocycles. The highest BCUT2D eigenvalue weighted by molar-refractivity contribution is 7.80. The summed E-state index contributed by atoms with van der Waals surface area (Å²) in [6, 6.07) is 10.0. The third-order valence-corrected chi connectivity index (χ3v) is 6.52. The molecule has 1 fully saturated rings. The highest BCUT2D eigenvalue weighted by Gasteiger charge is 2.32. The fourth-order valence-corrected chi connectivity index (χ4v) is 4.57. The molecule has 3 rings (SSSR count). The SMILES string of the molecule is CCCN1CC[C@H](NC(=S)c2ccc(C)cc2)[C@H](NC(=O)CNC(=O)c2cc(N)cc(C(F)(F)F)c2)C1. The number of carbonyl (C=O) groups excluding carboxylic acids is 2. The average molecular weight is 536 g/mol. The number of nitrogen functional groups attached to an aromatic ring is 1. The van der Waals surface area contributed by atoms with Gasteiger partial charge in [0.15, 0.2) is 0 Å². The van der Waals surface area contributed by atoms with E-state index in [0.29, 0.717) is 17.6 Å². The molecule has 1 heterocycles. The lowest BCUT2D eigenvalue weighted by Gasteiger charge is -2.39. The second-order valence-electron chi connectivity index (χ2n) is 9.23. The molecule has 37 heavy (non-hydrogen) atoms. The zero-order valence-electron chi connectivity index (χ0n) is 20.8. The molecule has 0 radical (unpaired) electrons. The quantitative estimate of drug-likeness (QED) is 0.306. The Morgan fingerprint density at radius 1 is 1.08 bits per heavy atom. The van der Waals surface area contributed by atoms with Gasteiger partial charge >= 0.3 is 6.18 Å². The van der Waals surface area contributed by atoms with Crippen LogP contribution in [-0.2, 0) is 11.0 Å². The summed E-state index contributed by atoms with van der Waals surface area (Å²) in [4.78, 5) is 28.0. The van der Waals surface area contributed by atoms with Crippen LogP contribution in [0.3, 0.4) is 0 Å². The van der Waals surface area contributed by atoms with E-state index >= 15 is 0 Å². The summed E-state index contributed by atoms with van der Waals surface area (Å²) in [5, 5.41) is 8.71. The number of likely N-dealkylation sites (tertiary alicyclic amines) is 1. The molecule has 2 aromatic rings. The number of benzene rings is 2. The molecular formula is C26H32F3N5O2S. The minimum absolute atomic E-state index is 0.121. The highest BCUT2D eigenvalue weighted by Crippen LogP contribution is 2.31. The molecule has 200 valence electrons. The van der Waals surface area contributed by atoms with Crippen LogP contribution < -0.4 is 21.7 Å². The zero-order valence-corrected chi connectivity index (χ0v) is 21.6. The largest absolute Gasteiger partial charge is 0.416 e. The number of nitrogens with one attached hydrogen (secondary N) is 3. The highest BCUT2D eigenvalue weighted by atomic mass is 32.1. The molecule has 0 unspecified atom stereocenters. The van der Waals surface area contributed by atoms with Crippen molar-refractivity contribution >= 4 is 34.7 Å². The van der Waals surface area contributed by atoms with E-state index in [1.54, 1.807) is 0 Å². The smallest absolute Gasteiger partial charge is 0.399 e. The molecule has 0 saturated carbocycles. The van der Waals surface area contributed by atoms with E-state index in [2.05, 4.69) is 27.8 Å². The Hall–Kier alpha value is -3.18. The molecule has 11 heteroatoms. The van der Waals surface area contributed by atoms with Gasteiger partial charge in [-0.3, -0.25) is 9.59 Å². The van der Waals surface area contributed by atoms with Gasteiger partial charge in [-0.1, -0.05) is 49.0 Å². The topological polar surface area (TPSA) is 99.5 Å². The Morgan fingerprint density at radius 3 is 2.43 bits per heavy atom. The Morgan fingerprint density at radius 2 is 1.78 bits per heavy atom. The number of alkyl halides is 3. The molecule has 1 aliphatic heterocycles. The summed E-state index contributed by atoms with van der Waals surface area (Å²) in [7, 11) is 0. The molecule has 5 N–H and O–H groups in total. The number of amides is 2. The van der Waals surface area contributed by atoms with Gasteiger partial charge in [-0.2, -0.15) is 13.2 Å². The predicted octanol–water partition coefficient (Wildman–Crippen LogP) is 3.26. The zero-order chi connectivity index (χ0) is 27.2. The number of halogens is 3. The second-order valence-corrected chi connectivity index (χ2v) is 9.64. The number of thiocarbonyl (C=S) groups is 1. The Kier molecular flexibility index (Phi) is 9.50. The predicted molar refractivity (Wildman–Crippen MR) is 141 cm³/mol. The van der Waals surface area contributed by atoms with E-state index in [-0.39, 0.29) is 23.3 Å². The number of hydrogen-bond acceptors (Lipinski definition) is 5. The molecule has 2 aromatic carbocycles. The van der Waals surface area contributed by atoms with Gasteiger partial charge in [0.05, 0.1) is 18.2 Å². The van der Waals surface area contributed by atoms with E-state index in [9.17, 15) is 22.8 Å². The molecular weight excluding hydrogens is 503 g/mol. The molecule has 0 aliphatic carbocycles. The first-order chi connectivity index (χ1) is 17.5. The minimum Gasteiger partial charge on any atom is -0.399 e. The van der Waals surface area contributed by atoms with Crippen LogP contribution in [0.5, 0.6) is 0 Å². The van der Waals surface area contributed by atoms with E-state index in [4.69, 9.17) is 18.0 Å². The number of carbonyl (C=O) groups is 2. The van der Waals surface area contributed by atoms with Crippen LogP contribution >= 0.6 is 12.2 Å². The fourth-order valence-electron chi connectivity index (χ4n) is 4.28. The molecule has 1 saturated heterocycles. The third kappa shape index (κ3) is 8.16. The number of aryl methyl sites for hydroxylation is 1. The van der Waals surface area contributed by atoms with Crippen molar-refractivity contribution in [1.29, 1.82) is 0 Å². The van der Waals surface area contributed by atoms with Crippen molar-refractivity contribution in [2.24, 2.45) is 0 Å². The number of nitrogens with two attached hydrogens (primary N) is 1. The number of piperidine rings is 1. The summed E-state index contributed by atoms with van der Waals surface area (Å²) in [5.41, 5.74) is 6.05. The fraction of sp³-hybridized carbons (Fsp3) is 0.423. The maximum absolute atomic E-state index is 13.1. The average Bonchev–Trinajstić information content (AvgIpc) is 2.83. The molecule has 2 amide bonds. The van der Waals surface area contributed by atoms with E-state index < -0.39 is 30.1 Å². The van der Waals surface area contributed by atoms with Crippen molar-refractivity contribution in [2.75, 3.05) is 31.9 Å². The number of hydrogen-bond donors (Lipinski definition) is 4. The normalized spacial score (nSPS) is 18.2. The van der Waals surface area contributed by atoms with Crippen molar-refractivity contribution in [3.63, 3.8) is 0 Å². The second kappa shape index (κ2) is 12.4. The lowest BCUT2D eigenvalue weighted by molar-refractivity contribution is -0.137. The van der Waals surface area contributed by atoms with Crippen LogP contribution in [0.15, 0.2) is 42.5 Å². The van der Waals surface area contributed by atoms with Crippen molar-refractivity contribution in [3.05, 3.63) is 64.7 Å². The molecule has 0 bridgehead atoms. The standard InChI is InChI=1S/C26H32F3N5O2S/c1-3-9-34-10-8-21(33-25(37)17-6-4-16(2)5-7-17)22(15-34)32-23(35)14-31-24(36)18-11-19(26(27,28)29)13-20(30)12-18/h4-7,11-13,21-22H,3,8-10,14-15,30H2,1-2H3,(H,31,36)(H,32,35)(H,33,37)/t21-,22+/m0/s1. The first-order valence-corrected chi connectivity index (χ1v) is 12.5. The third-order valence-electron chi connectivity index (χ3n) is 6.17. The maximum atomic E-state index is 13.1. The van der Waals surface area contributed by atoms with Crippen LogP contribution in [0.2, 0.25) is 0 Å². The van der Waals surface area contributed by atoms with E-state index in [1.807, 2.05) is 31.2 Å². The monoisotopic (exact) mass is 535 g/mol. The summed E-state index contributed by atoms with van der Waals surface area (Å²) in [5.74, 6) is -1.27. The van der Waals surface area contributed by atoms with Gasteiger partial charge in [-0.25, -0.2) is 0 Å². The van der Waals surface area contributed by atoms with Crippen molar-refractivity contribution in [2.45, 2.75) is 44.9 Å². The van der Waals surface area contributed by atoms with E-state index in [0.717, 1.165) is 49.2 Å². The van der Waals surface area contributed by atoms with Gasteiger partial charge in [0.2, 0.25) is 5.91 Å². The van der Waals surface area contributed by atoms with Gasteiger partial charge in [0, 0.05) is 35.9 Å². The summed E-state index contributed by atoms with van der Waals surface area (Å²) in [6.07, 6.45) is -2.92. The first kappa shape index (κ1) is 28.4. The molecule has 7 nitrogen and oxygen atoms in total. The lowest BCUT2D eigenvalue weighted by Crippen LogP contribution is -2.61. The Balaban J connectivity index is 1.63. The summed E-state index contributed by atoms with van der Waals surface area (Å²) >= 11 is 5.59. The molecule has 0 spiro atoms. The van der Waals surface area contributed by atoms with Crippen LogP contribution in [0.4, 0.5) is 18.9 Å². The Bertz CT molecular complexity index is 1120. The van der Waals surface area contributed by atoms with Gasteiger partial charge in [0.25, 0.3) is 5.91 Å². The van der Waals surface area contributed by atoms with Gasteiger partial charge in [-0.15, -0.1) is 0 Å². The van der Waals surface area contributed by atoms with E-state index in [1.165, 1.54) is 0 Å². The van der Waals surface area contributed by atoms with Crippen LogP contribution in [0, 0.1) is 6.92 Å². The van der Waals surface area contributed by atoms with Gasteiger partial charge < -0.3 is 26.6 Å². The minimum atomic E-state index is -4.64. The number of rotatable bonds is 8. The molecule has 1 aliphatic rings.